The van der Waals surface area contributed by atoms with Crippen molar-refractivity contribution in [2.45, 2.75) is 32.6 Å². The first-order valence-electron chi connectivity index (χ1n) is 8.67. The molecule has 1 aliphatic heterocycles. The van der Waals surface area contributed by atoms with Crippen molar-refractivity contribution >= 4 is 17.5 Å². The van der Waals surface area contributed by atoms with Crippen LogP contribution in [-0.4, -0.2) is 38.1 Å². The number of piperidine rings is 1. The minimum atomic E-state index is -0.146. The van der Waals surface area contributed by atoms with Crippen LogP contribution in [0.5, 0.6) is 5.75 Å². The van der Waals surface area contributed by atoms with Crippen molar-refractivity contribution in [1.82, 2.24) is 10.6 Å². The van der Waals surface area contributed by atoms with Gasteiger partial charge < -0.3 is 20.7 Å². The molecule has 1 aliphatic rings. The summed E-state index contributed by atoms with van der Waals surface area (Å²) in [5, 5.41) is 8.91. The van der Waals surface area contributed by atoms with Crippen LogP contribution in [0.1, 0.15) is 32.6 Å². The molecule has 0 aliphatic carbocycles. The van der Waals surface area contributed by atoms with E-state index in [2.05, 4.69) is 16.0 Å². The average molecular weight is 333 g/mol. The lowest BCUT2D eigenvalue weighted by molar-refractivity contribution is -0.123. The predicted octanol–water partition coefficient (Wildman–Crippen LogP) is 1.92. The van der Waals surface area contributed by atoms with Gasteiger partial charge in [-0.25, -0.2) is 0 Å². The van der Waals surface area contributed by atoms with Crippen molar-refractivity contribution in [2.24, 2.45) is 5.92 Å². The molecule has 1 heterocycles. The van der Waals surface area contributed by atoms with E-state index in [0.29, 0.717) is 24.6 Å². The Kier molecular flexibility index (Phi) is 7.55. The Morgan fingerprint density at radius 3 is 2.54 bits per heavy atom. The summed E-state index contributed by atoms with van der Waals surface area (Å²) in [6.07, 6.45) is 3.82. The lowest BCUT2D eigenvalue weighted by Gasteiger charge is -2.22. The van der Waals surface area contributed by atoms with Gasteiger partial charge in [-0.15, -0.1) is 0 Å². The van der Waals surface area contributed by atoms with Gasteiger partial charge in [0.15, 0.2) is 6.61 Å². The first kappa shape index (κ1) is 18.3. The maximum absolute atomic E-state index is 12.0. The SMILES string of the molecule is CCNC(=O)COc1ccc(NC(=O)CCC2CCNCC2)cc1. The number of benzene rings is 1. The van der Waals surface area contributed by atoms with E-state index >= 15 is 0 Å². The molecule has 132 valence electrons. The van der Waals surface area contributed by atoms with E-state index < -0.39 is 0 Å². The minimum Gasteiger partial charge on any atom is -0.484 e. The highest BCUT2D eigenvalue weighted by atomic mass is 16.5. The quantitative estimate of drug-likeness (QED) is 0.679. The third-order valence-electron chi connectivity index (χ3n) is 4.12. The maximum atomic E-state index is 12.0. The Morgan fingerprint density at radius 1 is 1.17 bits per heavy atom. The fourth-order valence-corrected chi connectivity index (χ4v) is 2.76. The molecule has 3 N–H and O–H groups in total. The minimum absolute atomic E-state index is 0.00418. The second-order valence-electron chi connectivity index (χ2n) is 6.05. The van der Waals surface area contributed by atoms with Crippen molar-refractivity contribution in [3.8, 4) is 5.75 Å². The van der Waals surface area contributed by atoms with E-state index in [-0.39, 0.29) is 18.4 Å². The van der Waals surface area contributed by atoms with Crippen LogP contribution in [-0.2, 0) is 9.59 Å². The van der Waals surface area contributed by atoms with Crippen LogP contribution in [0.15, 0.2) is 24.3 Å². The third kappa shape index (κ3) is 6.58. The summed E-state index contributed by atoms with van der Waals surface area (Å²) < 4.78 is 5.38. The van der Waals surface area contributed by atoms with Gasteiger partial charge in [-0.1, -0.05) is 0 Å². The summed E-state index contributed by atoms with van der Waals surface area (Å²) in [6.45, 7) is 4.56. The molecule has 0 radical (unpaired) electrons. The van der Waals surface area contributed by atoms with Crippen LogP contribution < -0.4 is 20.7 Å². The van der Waals surface area contributed by atoms with E-state index in [1.165, 1.54) is 0 Å². The van der Waals surface area contributed by atoms with Crippen LogP contribution >= 0.6 is 0 Å². The van der Waals surface area contributed by atoms with E-state index in [1.807, 2.05) is 6.92 Å². The smallest absolute Gasteiger partial charge is 0.257 e. The van der Waals surface area contributed by atoms with Gasteiger partial charge in [0, 0.05) is 18.7 Å². The highest BCUT2D eigenvalue weighted by Crippen LogP contribution is 2.19. The molecule has 0 atom stereocenters. The normalized spacial score (nSPS) is 14.9. The van der Waals surface area contributed by atoms with Crippen LogP contribution in [0, 0.1) is 5.92 Å². The second-order valence-corrected chi connectivity index (χ2v) is 6.05. The number of ether oxygens (including phenoxy) is 1. The summed E-state index contributed by atoms with van der Waals surface area (Å²) in [6, 6.07) is 7.08. The number of carbonyl (C=O) groups is 2. The van der Waals surface area contributed by atoms with E-state index in [9.17, 15) is 9.59 Å². The molecule has 1 aromatic carbocycles. The molecule has 0 saturated carbocycles. The van der Waals surface area contributed by atoms with Gasteiger partial charge in [0.25, 0.3) is 5.91 Å². The molecule has 1 saturated heterocycles. The maximum Gasteiger partial charge on any atom is 0.257 e. The molecule has 2 rings (SSSR count). The molecule has 2 amide bonds. The van der Waals surface area contributed by atoms with Gasteiger partial charge in [-0.05, 0) is 69.5 Å². The zero-order valence-corrected chi connectivity index (χ0v) is 14.3. The van der Waals surface area contributed by atoms with Gasteiger partial charge in [0.05, 0.1) is 0 Å². The molecular weight excluding hydrogens is 306 g/mol. The number of likely N-dealkylation sites (N-methyl/N-ethyl adjacent to an activating group) is 1. The lowest BCUT2D eigenvalue weighted by Crippen LogP contribution is -2.28. The molecule has 6 nitrogen and oxygen atoms in total. The van der Waals surface area contributed by atoms with Crippen LogP contribution in [0.4, 0.5) is 5.69 Å². The predicted molar refractivity (Wildman–Crippen MR) is 94.1 cm³/mol. The zero-order valence-electron chi connectivity index (χ0n) is 14.3. The highest BCUT2D eigenvalue weighted by molar-refractivity contribution is 5.90. The first-order chi connectivity index (χ1) is 11.7. The monoisotopic (exact) mass is 333 g/mol. The standard InChI is InChI=1S/C18H27N3O3/c1-2-20-18(23)13-24-16-6-4-15(5-7-16)21-17(22)8-3-14-9-11-19-12-10-14/h4-7,14,19H,2-3,8-13H2,1H3,(H,20,23)(H,21,22). The topological polar surface area (TPSA) is 79.5 Å². The summed E-state index contributed by atoms with van der Waals surface area (Å²) >= 11 is 0. The molecule has 6 heteroatoms. The number of amides is 2. The number of anilines is 1. The number of hydrogen-bond acceptors (Lipinski definition) is 4. The molecule has 0 unspecified atom stereocenters. The van der Waals surface area contributed by atoms with Gasteiger partial charge >= 0.3 is 0 Å². The van der Waals surface area contributed by atoms with E-state index in [4.69, 9.17) is 4.74 Å². The molecule has 1 fully saturated rings. The zero-order chi connectivity index (χ0) is 17.2. The van der Waals surface area contributed by atoms with Gasteiger partial charge in [0.1, 0.15) is 5.75 Å². The van der Waals surface area contributed by atoms with Gasteiger partial charge in [-0.3, -0.25) is 9.59 Å². The Bertz CT molecular complexity index is 525. The molecular formula is C18H27N3O3. The summed E-state index contributed by atoms with van der Waals surface area (Å²) in [5.74, 6) is 1.16. The van der Waals surface area contributed by atoms with Crippen LogP contribution in [0.25, 0.3) is 0 Å². The van der Waals surface area contributed by atoms with Crippen molar-refractivity contribution in [3.63, 3.8) is 0 Å². The molecule has 0 spiro atoms. The lowest BCUT2D eigenvalue weighted by atomic mass is 9.93. The highest BCUT2D eigenvalue weighted by Gasteiger charge is 2.14. The molecule has 1 aromatic rings. The summed E-state index contributed by atoms with van der Waals surface area (Å²) in [7, 11) is 0. The average Bonchev–Trinajstić information content (AvgIpc) is 2.60. The fourth-order valence-electron chi connectivity index (χ4n) is 2.76. The first-order valence-corrected chi connectivity index (χ1v) is 8.67. The number of hydrogen-bond donors (Lipinski definition) is 3. The van der Waals surface area contributed by atoms with Crippen molar-refractivity contribution in [2.75, 3.05) is 31.6 Å². The Balaban J connectivity index is 1.70. The Morgan fingerprint density at radius 2 is 1.88 bits per heavy atom. The summed E-state index contributed by atoms with van der Waals surface area (Å²) in [5.41, 5.74) is 0.746. The number of nitrogens with one attached hydrogen (secondary N) is 3. The van der Waals surface area contributed by atoms with Crippen molar-refractivity contribution < 1.29 is 14.3 Å². The fraction of sp³-hybridized carbons (Fsp3) is 0.556. The second kappa shape index (κ2) is 9.93. The molecule has 0 bridgehead atoms. The Labute approximate surface area is 143 Å². The van der Waals surface area contributed by atoms with Crippen LogP contribution in [0.2, 0.25) is 0 Å². The molecule has 0 aromatic heterocycles. The van der Waals surface area contributed by atoms with Crippen molar-refractivity contribution in [3.05, 3.63) is 24.3 Å². The van der Waals surface area contributed by atoms with E-state index in [1.54, 1.807) is 24.3 Å². The third-order valence-corrected chi connectivity index (χ3v) is 4.12. The largest absolute Gasteiger partial charge is 0.484 e. The van der Waals surface area contributed by atoms with Gasteiger partial charge in [0.2, 0.25) is 5.91 Å². The van der Waals surface area contributed by atoms with Crippen molar-refractivity contribution in [1.29, 1.82) is 0 Å². The number of rotatable bonds is 8. The number of carbonyl (C=O) groups excluding carboxylic acids is 2. The van der Waals surface area contributed by atoms with Crippen LogP contribution in [0.3, 0.4) is 0 Å². The molecule has 24 heavy (non-hydrogen) atoms. The Hall–Kier alpha value is -2.08. The van der Waals surface area contributed by atoms with Gasteiger partial charge in [-0.2, -0.15) is 0 Å². The summed E-state index contributed by atoms with van der Waals surface area (Å²) in [4.78, 5) is 23.4. The van der Waals surface area contributed by atoms with E-state index in [0.717, 1.165) is 38.0 Å².